The number of ether oxygens (including phenoxy) is 1. The summed E-state index contributed by atoms with van der Waals surface area (Å²) in [5.41, 5.74) is 1.02. The minimum absolute atomic E-state index is 0.0225. The fraction of sp³-hybridized carbons (Fsp3) is 0.538. The molecule has 0 aliphatic rings. The smallest absolute Gasteiger partial charge is 0.119 e. The third-order valence-electron chi connectivity index (χ3n) is 2.66. The fourth-order valence-electron chi connectivity index (χ4n) is 1.42. The van der Waals surface area contributed by atoms with Gasteiger partial charge in [-0.2, -0.15) is 0 Å². The van der Waals surface area contributed by atoms with E-state index in [1.807, 2.05) is 24.3 Å². The van der Waals surface area contributed by atoms with E-state index in [2.05, 4.69) is 26.1 Å². The molecule has 0 aliphatic heterocycles. The molecule has 1 aromatic rings. The van der Waals surface area contributed by atoms with Crippen molar-refractivity contribution in [1.29, 1.82) is 0 Å². The molecule has 90 valence electrons. The van der Waals surface area contributed by atoms with Gasteiger partial charge in [-0.05, 0) is 29.7 Å². The predicted molar refractivity (Wildman–Crippen MR) is 66.9 cm³/mol. The van der Waals surface area contributed by atoms with E-state index in [0.717, 1.165) is 11.4 Å². The summed E-state index contributed by atoms with van der Waals surface area (Å²) >= 11 is 0. The highest BCUT2D eigenvalue weighted by molar-refractivity contribution is 5.47. The predicted octanol–water partition coefficient (Wildman–Crippen LogP) is 2.51. The van der Waals surface area contributed by atoms with Crippen LogP contribution in [0.15, 0.2) is 24.3 Å². The Bertz CT molecular complexity index is 314. The molecule has 0 fully saturated rings. The van der Waals surface area contributed by atoms with Crippen molar-refractivity contribution in [3.05, 3.63) is 24.3 Å². The van der Waals surface area contributed by atoms with Crippen LogP contribution in [-0.4, -0.2) is 24.9 Å². The normalized spacial score (nSPS) is 13.3. The van der Waals surface area contributed by atoms with Gasteiger partial charge in [0.05, 0.1) is 19.8 Å². The van der Waals surface area contributed by atoms with Gasteiger partial charge >= 0.3 is 0 Å². The van der Waals surface area contributed by atoms with Gasteiger partial charge in [0.15, 0.2) is 0 Å². The Hall–Kier alpha value is -1.22. The lowest BCUT2D eigenvalue weighted by atomic mass is 9.87. The molecule has 0 saturated heterocycles. The zero-order valence-electron chi connectivity index (χ0n) is 10.4. The van der Waals surface area contributed by atoms with Gasteiger partial charge in [-0.25, -0.2) is 0 Å². The van der Waals surface area contributed by atoms with Gasteiger partial charge in [0.2, 0.25) is 0 Å². The lowest BCUT2D eigenvalue weighted by Crippen LogP contribution is -2.37. The Labute approximate surface area is 97.4 Å². The summed E-state index contributed by atoms with van der Waals surface area (Å²) in [7, 11) is 1.65. The summed E-state index contributed by atoms with van der Waals surface area (Å²) in [6.07, 6.45) is 0. The van der Waals surface area contributed by atoms with Gasteiger partial charge in [0.25, 0.3) is 0 Å². The zero-order chi connectivity index (χ0) is 12.2. The van der Waals surface area contributed by atoms with Crippen LogP contribution in [0.3, 0.4) is 0 Å². The number of nitrogens with one attached hydrogen (secondary N) is 1. The van der Waals surface area contributed by atoms with E-state index >= 15 is 0 Å². The molecule has 1 rings (SSSR count). The van der Waals surface area contributed by atoms with Gasteiger partial charge in [0, 0.05) is 5.69 Å². The van der Waals surface area contributed by atoms with Crippen LogP contribution in [-0.2, 0) is 0 Å². The van der Waals surface area contributed by atoms with Crippen LogP contribution >= 0.6 is 0 Å². The van der Waals surface area contributed by atoms with E-state index in [4.69, 9.17) is 4.74 Å². The summed E-state index contributed by atoms with van der Waals surface area (Å²) in [4.78, 5) is 0. The number of hydrogen-bond donors (Lipinski definition) is 2. The third-order valence-corrected chi connectivity index (χ3v) is 2.66. The second-order valence-electron chi connectivity index (χ2n) is 4.97. The Kier molecular flexibility index (Phi) is 4.19. The first-order valence-corrected chi connectivity index (χ1v) is 5.49. The van der Waals surface area contributed by atoms with Gasteiger partial charge in [-0.1, -0.05) is 20.8 Å². The number of rotatable bonds is 4. The number of aliphatic hydroxyl groups excluding tert-OH is 1. The van der Waals surface area contributed by atoms with E-state index in [1.165, 1.54) is 0 Å². The molecule has 0 amide bonds. The molecule has 0 spiro atoms. The van der Waals surface area contributed by atoms with Gasteiger partial charge < -0.3 is 15.2 Å². The van der Waals surface area contributed by atoms with Crippen molar-refractivity contribution in [3.8, 4) is 5.75 Å². The van der Waals surface area contributed by atoms with Crippen LogP contribution in [0.25, 0.3) is 0 Å². The second-order valence-corrected chi connectivity index (χ2v) is 4.97. The van der Waals surface area contributed by atoms with E-state index in [9.17, 15) is 5.11 Å². The maximum Gasteiger partial charge on any atom is 0.119 e. The summed E-state index contributed by atoms with van der Waals surface area (Å²) < 4.78 is 5.09. The van der Waals surface area contributed by atoms with E-state index in [-0.39, 0.29) is 18.1 Å². The number of methoxy groups -OCH3 is 1. The molecule has 0 saturated carbocycles. The van der Waals surface area contributed by atoms with Crippen LogP contribution in [0.5, 0.6) is 5.75 Å². The van der Waals surface area contributed by atoms with Crippen LogP contribution in [0.2, 0.25) is 0 Å². The molecule has 1 atom stereocenters. The third kappa shape index (κ3) is 3.42. The van der Waals surface area contributed by atoms with Crippen molar-refractivity contribution in [2.45, 2.75) is 26.8 Å². The number of hydrogen-bond acceptors (Lipinski definition) is 3. The van der Waals surface area contributed by atoms with E-state index < -0.39 is 0 Å². The first-order chi connectivity index (χ1) is 7.47. The summed E-state index contributed by atoms with van der Waals surface area (Å²) in [5, 5.41) is 12.7. The Morgan fingerprint density at radius 3 is 2.19 bits per heavy atom. The van der Waals surface area contributed by atoms with Crippen molar-refractivity contribution in [2.75, 3.05) is 19.0 Å². The molecule has 3 heteroatoms. The van der Waals surface area contributed by atoms with Gasteiger partial charge in [-0.3, -0.25) is 0 Å². The van der Waals surface area contributed by atoms with Crippen LogP contribution in [0.1, 0.15) is 20.8 Å². The molecular formula is C13H21NO2. The number of anilines is 1. The molecule has 0 bridgehead atoms. The molecule has 1 aromatic carbocycles. The quantitative estimate of drug-likeness (QED) is 0.824. The van der Waals surface area contributed by atoms with Crippen molar-refractivity contribution in [1.82, 2.24) is 0 Å². The van der Waals surface area contributed by atoms with E-state index in [1.54, 1.807) is 7.11 Å². The maximum atomic E-state index is 9.34. The highest BCUT2D eigenvalue weighted by atomic mass is 16.5. The maximum absolute atomic E-state index is 9.34. The van der Waals surface area contributed by atoms with Gasteiger partial charge in [0.1, 0.15) is 5.75 Å². The second kappa shape index (κ2) is 5.21. The number of aliphatic hydroxyl groups is 1. The molecule has 3 nitrogen and oxygen atoms in total. The molecule has 1 unspecified atom stereocenters. The van der Waals surface area contributed by atoms with Crippen molar-refractivity contribution in [3.63, 3.8) is 0 Å². The molecule has 16 heavy (non-hydrogen) atoms. The SMILES string of the molecule is COc1ccc(NC(CO)C(C)(C)C)cc1. The van der Waals surface area contributed by atoms with Crippen LogP contribution < -0.4 is 10.1 Å². The van der Waals surface area contributed by atoms with Crippen molar-refractivity contribution in [2.24, 2.45) is 5.41 Å². The zero-order valence-corrected chi connectivity index (χ0v) is 10.4. The Morgan fingerprint density at radius 2 is 1.81 bits per heavy atom. The van der Waals surface area contributed by atoms with E-state index in [0.29, 0.717) is 0 Å². The average molecular weight is 223 g/mol. The lowest BCUT2D eigenvalue weighted by molar-refractivity contribution is 0.202. The first kappa shape index (κ1) is 12.8. The van der Waals surface area contributed by atoms with Gasteiger partial charge in [-0.15, -0.1) is 0 Å². The van der Waals surface area contributed by atoms with Crippen LogP contribution in [0, 0.1) is 5.41 Å². The molecular weight excluding hydrogens is 202 g/mol. The topological polar surface area (TPSA) is 41.5 Å². The lowest BCUT2D eigenvalue weighted by Gasteiger charge is -2.30. The highest BCUT2D eigenvalue weighted by Crippen LogP contribution is 2.24. The number of benzene rings is 1. The average Bonchev–Trinajstić information content (AvgIpc) is 2.25. The van der Waals surface area contributed by atoms with Crippen LogP contribution in [0.4, 0.5) is 5.69 Å². The summed E-state index contributed by atoms with van der Waals surface area (Å²) in [6.45, 7) is 6.43. The first-order valence-electron chi connectivity index (χ1n) is 5.49. The Morgan fingerprint density at radius 1 is 1.25 bits per heavy atom. The summed E-state index contributed by atoms with van der Waals surface area (Å²) in [6, 6.07) is 7.75. The minimum atomic E-state index is 0.0225. The standard InChI is InChI=1S/C13H21NO2/c1-13(2,3)12(9-15)14-10-5-7-11(16-4)8-6-10/h5-8,12,14-15H,9H2,1-4H3. The molecule has 2 N–H and O–H groups in total. The molecule has 0 radical (unpaired) electrons. The molecule has 0 heterocycles. The Balaban J connectivity index is 2.71. The minimum Gasteiger partial charge on any atom is -0.497 e. The van der Waals surface area contributed by atoms with Crippen molar-refractivity contribution < 1.29 is 9.84 Å². The van der Waals surface area contributed by atoms with Crippen molar-refractivity contribution >= 4 is 5.69 Å². The summed E-state index contributed by atoms with van der Waals surface area (Å²) in [5.74, 6) is 0.835. The molecule has 0 aromatic heterocycles. The molecule has 0 aliphatic carbocycles. The largest absolute Gasteiger partial charge is 0.497 e. The highest BCUT2D eigenvalue weighted by Gasteiger charge is 2.23. The fourth-order valence-corrected chi connectivity index (χ4v) is 1.42. The monoisotopic (exact) mass is 223 g/mol.